The van der Waals surface area contributed by atoms with Gasteiger partial charge < -0.3 is 10.5 Å². The van der Waals surface area contributed by atoms with E-state index in [1.807, 2.05) is 13.8 Å². The van der Waals surface area contributed by atoms with E-state index in [4.69, 9.17) is 10.5 Å². The van der Waals surface area contributed by atoms with Crippen LogP contribution in [-0.2, 0) is 4.74 Å². The highest BCUT2D eigenvalue weighted by atomic mass is 16.5. The molecule has 0 atom stereocenters. The molecule has 5 heteroatoms. The van der Waals surface area contributed by atoms with Gasteiger partial charge in [0.1, 0.15) is 0 Å². The minimum Gasteiger partial charge on any atom is -0.375 e. The molecule has 0 spiro atoms. The van der Waals surface area contributed by atoms with Gasteiger partial charge in [0, 0.05) is 18.6 Å². The molecule has 1 fully saturated rings. The maximum Gasteiger partial charge on any atom is 0.332 e. The summed E-state index contributed by atoms with van der Waals surface area (Å²) in [5.41, 5.74) is 7.85. The van der Waals surface area contributed by atoms with Crippen LogP contribution in [0.4, 0.5) is 4.79 Å². The van der Waals surface area contributed by atoms with Crippen molar-refractivity contribution in [2.24, 2.45) is 10.8 Å². The maximum atomic E-state index is 10.4. The van der Waals surface area contributed by atoms with Gasteiger partial charge in [0.2, 0.25) is 0 Å². The SMILES string of the molecule is CC1(C)CC(=NNC(N)=O)CCO1. The number of amides is 2. The zero-order valence-electron chi connectivity index (χ0n) is 7.96. The molecule has 1 saturated heterocycles. The first-order valence-corrected chi connectivity index (χ1v) is 4.24. The first-order valence-electron chi connectivity index (χ1n) is 4.24. The zero-order chi connectivity index (χ0) is 9.90. The molecule has 1 heterocycles. The lowest BCUT2D eigenvalue weighted by Gasteiger charge is -2.30. The predicted molar refractivity (Wildman–Crippen MR) is 49.4 cm³/mol. The van der Waals surface area contributed by atoms with Gasteiger partial charge in [0.15, 0.2) is 0 Å². The van der Waals surface area contributed by atoms with Crippen LogP contribution in [0.15, 0.2) is 5.10 Å². The van der Waals surface area contributed by atoms with Gasteiger partial charge in [0.05, 0.1) is 12.2 Å². The third-order valence-electron chi connectivity index (χ3n) is 1.84. The Balaban J connectivity index is 2.51. The van der Waals surface area contributed by atoms with E-state index in [9.17, 15) is 4.79 Å². The smallest absolute Gasteiger partial charge is 0.332 e. The summed E-state index contributed by atoms with van der Waals surface area (Å²) in [4.78, 5) is 10.4. The number of carbonyl (C=O) groups is 1. The molecule has 1 rings (SSSR count). The van der Waals surface area contributed by atoms with E-state index in [0.29, 0.717) is 6.61 Å². The number of hydrazone groups is 1. The maximum absolute atomic E-state index is 10.4. The van der Waals surface area contributed by atoms with Gasteiger partial charge in [-0.1, -0.05) is 0 Å². The molecule has 13 heavy (non-hydrogen) atoms. The Kier molecular flexibility index (Phi) is 2.87. The van der Waals surface area contributed by atoms with Crippen LogP contribution in [0.1, 0.15) is 26.7 Å². The molecule has 3 N–H and O–H groups in total. The van der Waals surface area contributed by atoms with Gasteiger partial charge >= 0.3 is 6.03 Å². The molecule has 0 aromatic heterocycles. The number of rotatable bonds is 1. The zero-order valence-corrected chi connectivity index (χ0v) is 7.96. The van der Waals surface area contributed by atoms with Crippen molar-refractivity contribution < 1.29 is 9.53 Å². The standard InChI is InChI=1S/C8H15N3O2/c1-8(2)5-6(3-4-13-8)10-11-7(9)12/h3-5H2,1-2H3,(H3,9,11,12). The average molecular weight is 185 g/mol. The summed E-state index contributed by atoms with van der Waals surface area (Å²) in [6.07, 6.45) is 1.48. The van der Waals surface area contributed by atoms with Gasteiger partial charge in [-0.05, 0) is 13.8 Å². The predicted octanol–water partition coefficient (Wildman–Crippen LogP) is 0.600. The fraction of sp³-hybridized carbons (Fsp3) is 0.750. The molecule has 0 radical (unpaired) electrons. The molecule has 1 aliphatic heterocycles. The summed E-state index contributed by atoms with van der Waals surface area (Å²) in [7, 11) is 0. The Hall–Kier alpha value is -1.10. The van der Waals surface area contributed by atoms with Crippen LogP contribution in [0.3, 0.4) is 0 Å². The van der Waals surface area contributed by atoms with Crippen molar-refractivity contribution in [3.8, 4) is 0 Å². The van der Waals surface area contributed by atoms with Crippen LogP contribution >= 0.6 is 0 Å². The van der Waals surface area contributed by atoms with E-state index in [-0.39, 0.29) is 5.60 Å². The molecule has 2 amide bonds. The van der Waals surface area contributed by atoms with Crippen molar-refractivity contribution in [1.82, 2.24) is 5.43 Å². The molecule has 74 valence electrons. The first-order chi connectivity index (χ1) is 5.99. The molecule has 5 nitrogen and oxygen atoms in total. The molecule has 1 aliphatic rings. The van der Waals surface area contributed by atoms with Gasteiger partial charge in [0.25, 0.3) is 0 Å². The normalized spacial score (nSPS) is 24.3. The second kappa shape index (κ2) is 3.74. The Bertz CT molecular complexity index is 236. The molecule has 0 aromatic carbocycles. The molecular formula is C8H15N3O2. The fourth-order valence-corrected chi connectivity index (χ4v) is 1.31. The van der Waals surface area contributed by atoms with Crippen LogP contribution in [0.5, 0.6) is 0 Å². The molecule has 0 unspecified atom stereocenters. The summed E-state index contributed by atoms with van der Waals surface area (Å²) in [5.74, 6) is 0. The second-order valence-corrected chi connectivity index (χ2v) is 3.69. The van der Waals surface area contributed by atoms with Crippen LogP contribution < -0.4 is 11.2 Å². The number of hydrogen-bond donors (Lipinski definition) is 2. The van der Waals surface area contributed by atoms with Crippen molar-refractivity contribution in [3.63, 3.8) is 0 Å². The highest BCUT2D eigenvalue weighted by Crippen LogP contribution is 2.21. The largest absolute Gasteiger partial charge is 0.375 e. The van der Waals surface area contributed by atoms with Crippen LogP contribution in [0.2, 0.25) is 0 Å². The molecular weight excluding hydrogens is 170 g/mol. The molecule has 0 aliphatic carbocycles. The molecule has 0 saturated carbocycles. The van der Waals surface area contributed by atoms with Gasteiger partial charge in [-0.2, -0.15) is 5.10 Å². The van der Waals surface area contributed by atoms with E-state index in [0.717, 1.165) is 18.6 Å². The summed E-state index contributed by atoms with van der Waals surface area (Å²) in [5, 5.41) is 3.89. The first kappa shape index (κ1) is 9.98. The number of primary amides is 1. The van der Waals surface area contributed by atoms with Crippen molar-refractivity contribution >= 4 is 11.7 Å². The van der Waals surface area contributed by atoms with E-state index in [1.54, 1.807) is 0 Å². The monoisotopic (exact) mass is 185 g/mol. The summed E-state index contributed by atoms with van der Waals surface area (Å²) in [6, 6.07) is -0.628. The highest BCUT2D eigenvalue weighted by Gasteiger charge is 2.25. The summed E-state index contributed by atoms with van der Waals surface area (Å²) in [6.45, 7) is 4.63. The second-order valence-electron chi connectivity index (χ2n) is 3.69. The lowest BCUT2D eigenvalue weighted by atomic mass is 9.97. The lowest BCUT2D eigenvalue weighted by Crippen LogP contribution is -2.36. The van der Waals surface area contributed by atoms with Crippen LogP contribution in [0, 0.1) is 0 Å². The third-order valence-corrected chi connectivity index (χ3v) is 1.84. The Morgan fingerprint density at radius 1 is 1.69 bits per heavy atom. The van der Waals surface area contributed by atoms with Gasteiger partial charge in [-0.3, -0.25) is 0 Å². The minimum absolute atomic E-state index is 0.184. The lowest BCUT2D eigenvalue weighted by molar-refractivity contribution is -0.0200. The van der Waals surface area contributed by atoms with Crippen molar-refractivity contribution in [2.75, 3.05) is 6.61 Å². The topological polar surface area (TPSA) is 76.7 Å². The van der Waals surface area contributed by atoms with Crippen LogP contribution in [0.25, 0.3) is 0 Å². The number of nitrogens with two attached hydrogens (primary N) is 1. The minimum atomic E-state index is -0.628. The highest BCUT2D eigenvalue weighted by molar-refractivity contribution is 5.87. The third kappa shape index (κ3) is 3.42. The molecule has 0 aromatic rings. The number of hydrogen-bond acceptors (Lipinski definition) is 3. The van der Waals surface area contributed by atoms with Crippen molar-refractivity contribution in [1.29, 1.82) is 0 Å². The number of carbonyl (C=O) groups excluding carboxylic acids is 1. The number of nitrogens with zero attached hydrogens (tertiary/aromatic N) is 1. The Morgan fingerprint density at radius 3 is 2.92 bits per heavy atom. The number of nitrogens with one attached hydrogen (secondary N) is 1. The Labute approximate surface area is 77.3 Å². The summed E-state index contributed by atoms with van der Waals surface area (Å²) < 4.78 is 5.48. The van der Waals surface area contributed by atoms with E-state index in [1.165, 1.54) is 0 Å². The quantitative estimate of drug-likeness (QED) is 0.587. The van der Waals surface area contributed by atoms with Crippen molar-refractivity contribution in [3.05, 3.63) is 0 Å². The fourth-order valence-electron chi connectivity index (χ4n) is 1.31. The van der Waals surface area contributed by atoms with E-state index in [2.05, 4.69) is 10.5 Å². The Morgan fingerprint density at radius 2 is 2.38 bits per heavy atom. The van der Waals surface area contributed by atoms with Crippen molar-refractivity contribution in [2.45, 2.75) is 32.3 Å². The number of urea groups is 1. The summed E-state index contributed by atoms with van der Waals surface area (Å²) >= 11 is 0. The average Bonchev–Trinajstić information content (AvgIpc) is 1.99. The van der Waals surface area contributed by atoms with E-state index < -0.39 is 6.03 Å². The van der Waals surface area contributed by atoms with Gasteiger partial charge in [-0.15, -0.1) is 0 Å². The van der Waals surface area contributed by atoms with E-state index >= 15 is 0 Å². The molecule has 0 bridgehead atoms. The number of ether oxygens (including phenoxy) is 1. The van der Waals surface area contributed by atoms with Gasteiger partial charge in [-0.25, -0.2) is 10.2 Å². The van der Waals surface area contributed by atoms with Crippen LogP contribution in [-0.4, -0.2) is 24.0 Å².